The summed E-state index contributed by atoms with van der Waals surface area (Å²) in [5.74, 6) is 2.95. The summed E-state index contributed by atoms with van der Waals surface area (Å²) in [6.45, 7) is 6.78. The first-order valence-electron chi connectivity index (χ1n) is 7.66. The highest BCUT2D eigenvalue weighted by Crippen LogP contribution is 2.42. The normalized spacial score (nSPS) is 20.8. The first-order chi connectivity index (χ1) is 9.71. The maximum atomic E-state index is 5.42. The van der Waals surface area contributed by atoms with Crippen molar-refractivity contribution in [2.24, 2.45) is 5.92 Å². The molecule has 0 aromatic heterocycles. The Labute approximate surface area is 122 Å². The fraction of sp³-hybridized carbons (Fsp3) is 0.647. The Balaban J connectivity index is 2.06. The molecule has 0 saturated heterocycles. The summed E-state index contributed by atoms with van der Waals surface area (Å²) in [6.07, 6.45) is 3.65. The highest BCUT2D eigenvalue weighted by molar-refractivity contribution is 5.50. The molecule has 0 radical (unpaired) electrons. The van der Waals surface area contributed by atoms with E-state index in [1.807, 2.05) is 0 Å². The second-order valence-electron chi connectivity index (χ2n) is 5.72. The van der Waals surface area contributed by atoms with Gasteiger partial charge in [-0.1, -0.05) is 20.3 Å². The Morgan fingerprint density at radius 3 is 2.55 bits per heavy atom. The maximum Gasteiger partial charge on any atom is 0.161 e. The molecule has 2 atom stereocenters. The third-order valence-corrected chi connectivity index (χ3v) is 4.44. The van der Waals surface area contributed by atoms with Crippen LogP contribution in [0.3, 0.4) is 0 Å². The minimum absolute atomic E-state index is 0.582. The summed E-state index contributed by atoms with van der Waals surface area (Å²) in [7, 11) is 3.40. The molecule has 112 valence electrons. The lowest BCUT2D eigenvalue weighted by atomic mass is 9.94. The first kappa shape index (κ1) is 15.2. The summed E-state index contributed by atoms with van der Waals surface area (Å²) in [4.78, 5) is 0. The number of benzene rings is 1. The van der Waals surface area contributed by atoms with Gasteiger partial charge in [0.15, 0.2) is 11.5 Å². The number of ether oxygens (including phenoxy) is 2. The van der Waals surface area contributed by atoms with Gasteiger partial charge in [0.25, 0.3) is 0 Å². The molecule has 20 heavy (non-hydrogen) atoms. The molecule has 3 nitrogen and oxygen atoms in total. The Bertz CT molecular complexity index is 445. The van der Waals surface area contributed by atoms with Crippen molar-refractivity contribution in [3.05, 3.63) is 23.3 Å². The lowest BCUT2D eigenvalue weighted by molar-refractivity contribution is 0.354. The Morgan fingerprint density at radius 1 is 1.20 bits per heavy atom. The number of hydrogen-bond donors (Lipinski definition) is 1. The van der Waals surface area contributed by atoms with Crippen molar-refractivity contribution in [1.29, 1.82) is 0 Å². The van der Waals surface area contributed by atoms with E-state index in [4.69, 9.17) is 9.47 Å². The third-order valence-electron chi connectivity index (χ3n) is 4.44. The van der Waals surface area contributed by atoms with E-state index in [2.05, 4.69) is 31.3 Å². The van der Waals surface area contributed by atoms with Crippen LogP contribution in [0.1, 0.15) is 43.7 Å². The lowest BCUT2D eigenvalue weighted by Crippen LogP contribution is -2.25. The predicted octanol–water partition coefficient (Wildman–Crippen LogP) is 3.37. The molecule has 3 heteroatoms. The molecule has 0 amide bonds. The average molecular weight is 277 g/mol. The van der Waals surface area contributed by atoms with Crippen LogP contribution >= 0.6 is 0 Å². The molecule has 2 rings (SSSR count). The summed E-state index contributed by atoms with van der Waals surface area (Å²) in [5.41, 5.74) is 2.84. The van der Waals surface area contributed by atoms with Crippen LogP contribution in [0.5, 0.6) is 11.5 Å². The highest BCUT2D eigenvalue weighted by atomic mass is 16.5. The summed E-state index contributed by atoms with van der Waals surface area (Å²) in [6, 6.07) is 4.31. The minimum Gasteiger partial charge on any atom is -0.493 e. The lowest BCUT2D eigenvalue weighted by Gasteiger charge is -2.17. The van der Waals surface area contributed by atoms with Crippen molar-refractivity contribution >= 4 is 0 Å². The van der Waals surface area contributed by atoms with Gasteiger partial charge in [0, 0.05) is 0 Å². The molecule has 0 unspecified atom stereocenters. The Hall–Kier alpha value is -1.22. The van der Waals surface area contributed by atoms with E-state index in [-0.39, 0.29) is 0 Å². The van der Waals surface area contributed by atoms with E-state index in [9.17, 15) is 0 Å². The van der Waals surface area contributed by atoms with Gasteiger partial charge in [-0.15, -0.1) is 0 Å². The summed E-state index contributed by atoms with van der Waals surface area (Å²) in [5, 5.41) is 3.59. The third kappa shape index (κ3) is 3.09. The van der Waals surface area contributed by atoms with Crippen molar-refractivity contribution in [3.63, 3.8) is 0 Å². The van der Waals surface area contributed by atoms with Gasteiger partial charge in [-0.25, -0.2) is 0 Å². The molecule has 1 aromatic carbocycles. The molecular formula is C17H27NO2. The SMILES string of the molecule is CCCCNC[C@@H]1Cc2cc(OC)c(OC)cc2[C@@H]1C. The van der Waals surface area contributed by atoms with E-state index in [0.29, 0.717) is 11.8 Å². The number of nitrogens with one attached hydrogen (secondary N) is 1. The zero-order valence-electron chi connectivity index (χ0n) is 13.2. The van der Waals surface area contributed by atoms with E-state index < -0.39 is 0 Å². The molecule has 1 N–H and O–H groups in total. The van der Waals surface area contributed by atoms with Crippen molar-refractivity contribution in [3.8, 4) is 11.5 Å². The van der Waals surface area contributed by atoms with Gasteiger partial charge in [0.2, 0.25) is 0 Å². The first-order valence-corrected chi connectivity index (χ1v) is 7.66. The van der Waals surface area contributed by atoms with Crippen LogP contribution < -0.4 is 14.8 Å². The quantitative estimate of drug-likeness (QED) is 0.775. The summed E-state index contributed by atoms with van der Waals surface area (Å²) < 4.78 is 10.8. The molecule has 0 saturated carbocycles. The number of fused-ring (bicyclic) bond motifs is 1. The van der Waals surface area contributed by atoms with Gasteiger partial charge < -0.3 is 14.8 Å². The molecule has 0 spiro atoms. The molecule has 0 aliphatic heterocycles. The van der Waals surface area contributed by atoms with Gasteiger partial charge in [0.05, 0.1) is 14.2 Å². The molecule has 0 bridgehead atoms. The number of unbranched alkanes of at least 4 members (excludes halogenated alkanes) is 1. The van der Waals surface area contributed by atoms with Gasteiger partial charge in [-0.3, -0.25) is 0 Å². The second kappa shape index (κ2) is 6.98. The van der Waals surface area contributed by atoms with Crippen LogP contribution in [0.2, 0.25) is 0 Å². The van der Waals surface area contributed by atoms with Gasteiger partial charge in [-0.2, -0.15) is 0 Å². The maximum absolute atomic E-state index is 5.42. The van der Waals surface area contributed by atoms with Crippen LogP contribution in [0, 0.1) is 5.92 Å². The minimum atomic E-state index is 0.582. The molecular weight excluding hydrogens is 250 g/mol. The monoisotopic (exact) mass is 277 g/mol. The molecule has 1 aliphatic carbocycles. The smallest absolute Gasteiger partial charge is 0.161 e. The largest absolute Gasteiger partial charge is 0.493 e. The predicted molar refractivity (Wildman–Crippen MR) is 82.9 cm³/mol. The topological polar surface area (TPSA) is 30.5 Å². The van der Waals surface area contributed by atoms with E-state index >= 15 is 0 Å². The Morgan fingerprint density at radius 2 is 1.90 bits per heavy atom. The van der Waals surface area contributed by atoms with Crippen molar-refractivity contribution in [2.75, 3.05) is 27.3 Å². The summed E-state index contributed by atoms with van der Waals surface area (Å²) >= 11 is 0. The highest BCUT2D eigenvalue weighted by Gasteiger charge is 2.30. The van der Waals surface area contributed by atoms with E-state index in [1.54, 1.807) is 14.2 Å². The van der Waals surface area contributed by atoms with Crippen molar-refractivity contribution in [2.45, 2.75) is 39.0 Å². The zero-order valence-corrected chi connectivity index (χ0v) is 13.2. The standard InChI is InChI=1S/C17H27NO2/c1-5-6-7-18-11-14-8-13-9-16(19-3)17(20-4)10-15(13)12(14)2/h9-10,12,14,18H,5-8,11H2,1-4H3/t12-,14+/m1/s1. The fourth-order valence-corrected chi connectivity index (χ4v) is 3.09. The zero-order chi connectivity index (χ0) is 14.5. The molecule has 1 aromatic rings. The molecule has 0 fully saturated rings. The number of hydrogen-bond acceptors (Lipinski definition) is 3. The van der Waals surface area contributed by atoms with Crippen molar-refractivity contribution < 1.29 is 9.47 Å². The van der Waals surface area contributed by atoms with Gasteiger partial charge >= 0.3 is 0 Å². The van der Waals surface area contributed by atoms with Gasteiger partial charge in [0.1, 0.15) is 0 Å². The van der Waals surface area contributed by atoms with Crippen LogP contribution in [0.4, 0.5) is 0 Å². The second-order valence-corrected chi connectivity index (χ2v) is 5.72. The van der Waals surface area contributed by atoms with Crippen LogP contribution in [0.15, 0.2) is 12.1 Å². The Kier molecular flexibility index (Phi) is 5.30. The van der Waals surface area contributed by atoms with Crippen LogP contribution in [-0.2, 0) is 6.42 Å². The number of rotatable bonds is 7. The van der Waals surface area contributed by atoms with E-state index in [0.717, 1.165) is 31.0 Å². The molecule has 1 aliphatic rings. The van der Waals surface area contributed by atoms with Crippen LogP contribution in [0.25, 0.3) is 0 Å². The van der Waals surface area contributed by atoms with E-state index in [1.165, 1.54) is 24.0 Å². The fourth-order valence-electron chi connectivity index (χ4n) is 3.09. The number of methoxy groups -OCH3 is 2. The van der Waals surface area contributed by atoms with Gasteiger partial charge in [-0.05, 0) is 61.0 Å². The average Bonchev–Trinajstić information content (AvgIpc) is 2.78. The van der Waals surface area contributed by atoms with Crippen LogP contribution in [-0.4, -0.2) is 27.3 Å². The molecule has 0 heterocycles. The van der Waals surface area contributed by atoms with Crippen molar-refractivity contribution in [1.82, 2.24) is 5.32 Å².